The summed E-state index contributed by atoms with van der Waals surface area (Å²) in [6.45, 7) is 0.502. The van der Waals surface area contributed by atoms with Crippen LogP contribution in [0, 0.1) is 22.7 Å². The van der Waals surface area contributed by atoms with Gasteiger partial charge in [0.25, 0.3) is 5.91 Å². The first-order valence-corrected chi connectivity index (χ1v) is 12.1. The number of benzene rings is 1. The van der Waals surface area contributed by atoms with Gasteiger partial charge < -0.3 is 19.9 Å². The first-order chi connectivity index (χ1) is 16.4. The zero-order chi connectivity index (χ0) is 23.9. The molecule has 34 heavy (non-hydrogen) atoms. The monoisotopic (exact) mass is 462 g/mol. The topological polar surface area (TPSA) is 115 Å². The number of Topliss-reactive ketones (excluding diaryl/α,β-unsaturated/α-hetero) is 1. The molecule has 1 aliphatic heterocycles. The van der Waals surface area contributed by atoms with Gasteiger partial charge in [-0.15, -0.1) is 0 Å². The number of nitrogens with zero attached hydrogens (tertiary/aromatic N) is 2. The van der Waals surface area contributed by atoms with Crippen molar-refractivity contribution >= 4 is 28.5 Å². The van der Waals surface area contributed by atoms with Crippen molar-refractivity contribution in [1.82, 2.24) is 15.2 Å². The van der Waals surface area contributed by atoms with Crippen molar-refractivity contribution in [2.24, 2.45) is 11.3 Å². The normalized spacial score (nSPS) is 24.1. The lowest BCUT2D eigenvalue weighted by Crippen LogP contribution is -2.55. The number of likely N-dealkylation sites (tertiary alicyclic amines) is 1. The highest BCUT2D eigenvalue weighted by Gasteiger charge is 2.51. The number of carbonyl (C=O) groups excluding carboxylic acids is 3. The molecule has 0 radical (unpaired) electrons. The van der Waals surface area contributed by atoms with Crippen LogP contribution in [0.15, 0.2) is 24.3 Å². The van der Waals surface area contributed by atoms with Gasteiger partial charge in [0.1, 0.15) is 29.3 Å². The molecule has 2 aliphatic carbocycles. The van der Waals surface area contributed by atoms with Gasteiger partial charge in [-0.2, -0.15) is 5.26 Å². The molecule has 2 saturated carbocycles. The first-order valence-electron chi connectivity index (χ1n) is 12.1. The van der Waals surface area contributed by atoms with Crippen LogP contribution in [0.2, 0.25) is 0 Å². The molecule has 3 fully saturated rings. The Kier molecular flexibility index (Phi) is 5.80. The summed E-state index contributed by atoms with van der Waals surface area (Å²) in [4.78, 5) is 43.8. The van der Waals surface area contributed by atoms with E-state index in [4.69, 9.17) is 4.74 Å². The van der Waals surface area contributed by atoms with Crippen molar-refractivity contribution in [3.8, 4) is 11.8 Å². The molecule has 0 bridgehead atoms. The van der Waals surface area contributed by atoms with Crippen molar-refractivity contribution in [1.29, 1.82) is 5.26 Å². The van der Waals surface area contributed by atoms with Gasteiger partial charge in [-0.25, -0.2) is 0 Å². The number of methoxy groups -OCH3 is 1. The minimum Gasteiger partial charge on any atom is -0.496 e. The van der Waals surface area contributed by atoms with E-state index in [0.29, 0.717) is 37.3 Å². The largest absolute Gasteiger partial charge is 0.496 e. The average molecular weight is 463 g/mol. The Balaban J connectivity index is 1.35. The fourth-order valence-electron chi connectivity index (χ4n) is 5.65. The van der Waals surface area contributed by atoms with Crippen LogP contribution < -0.4 is 10.1 Å². The van der Waals surface area contributed by atoms with Crippen LogP contribution >= 0.6 is 0 Å². The maximum Gasteiger partial charge on any atom is 0.270 e. The molecule has 3 aliphatic rings. The quantitative estimate of drug-likeness (QED) is 0.683. The average Bonchev–Trinajstić information content (AvgIpc) is 3.25. The number of fused-ring (bicyclic) bond motifs is 1. The number of rotatable bonds is 6. The van der Waals surface area contributed by atoms with Gasteiger partial charge in [0, 0.05) is 29.8 Å². The van der Waals surface area contributed by atoms with Gasteiger partial charge >= 0.3 is 0 Å². The van der Waals surface area contributed by atoms with Crippen molar-refractivity contribution in [2.75, 3.05) is 13.7 Å². The number of nitriles is 1. The summed E-state index contributed by atoms with van der Waals surface area (Å²) in [6, 6.07) is 8.15. The molecule has 1 spiro atoms. The molecular formula is C26H30N4O4. The number of piperidine rings is 1. The van der Waals surface area contributed by atoms with Crippen molar-refractivity contribution in [3.63, 3.8) is 0 Å². The number of ketones is 1. The predicted molar refractivity (Wildman–Crippen MR) is 125 cm³/mol. The van der Waals surface area contributed by atoms with E-state index in [1.807, 2.05) is 18.2 Å². The summed E-state index contributed by atoms with van der Waals surface area (Å²) in [6.07, 6.45) is 6.14. The Bertz CT molecular complexity index is 1180. The molecule has 3 unspecified atom stereocenters. The predicted octanol–water partition coefficient (Wildman–Crippen LogP) is 3.33. The summed E-state index contributed by atoms with van der Waals surface area (Å²) >= 11 is 0. The second-order valence-corrected chi connectivity index (χ2v) is 10.1. The standard InChI is InChI=1S/C26H30N4O4/c1-34-23-7-3-5-19-18(23)13-20(29-19)25(33)30-11-10-26(8-9-26)14-21(30)24(32)28-17(15-27)12-16-4-2-6-22(16)31/h3,5,7,13,16-17,21,29H,2,4,6,8-12,14H2,1H3,(H,28,32). The van der Waals surface area contributed by atoms with Gasteiger partial charge in [0.15, 0.2) is 0 Å². The number of amides is 2. The summed E-state index contributed by atoms with van der Waals surface area (Å²) in [5.41, 5.74) is 1.34. The number of H-pyrrole nitrogens is 1. The second-order valence-electron chi connectivity index (χ2n) is 10.1. The maximum absolute atomic E-state index is 13.6. The molecule has 2 aromatic rings. The fraction of sp³-hybridized carbons (Fsp3) is 0.538. The minimum atomic E-state index is -0.731. The second kappa shape index (κ2) is 8.79. The summed E-state index contributed by atoms with van der Waals surface area (Å²) in [5, 5.41) is 13.3. The Hall–Kier alpha value is -3.34. The van der Waals surface area contributed by atoms with E-state index in [9.17, 15) is 19.6 Å². The molecule has 8 nitrogen and oxygen atoms in total. The minimum absolute atomic E-state index is 0.131. The van der Waals surface area contributed by atoms with Crippen molar-refractivity contribution < 1.29 is 19.1 Å². The number of hydrogen-bond acceptors (Lipinski definition) is 5. The smallest absolute Gasteiger partial charge is 0.270 e. The van der Waals surface area contributed by atoms with E-state index in [1.54, 1.807) is 18.1 Å². The fourth-order valence-corrected chi connectivity index (χ4v) is 5.65. The molecule has 178 valence electrons. The molecule has 8 heteroatoms. The Morgan fingerprint density at radius 2 is 2.18 bits per heavy atom. The van der Waals surface area contributed by atoms with Crippen LogP contribution in [-0.2, 0) is 9.59 Å². The van der Waals surface area contributed by atoms with E-state index in [-0.39, 0.29) is 28.9 Å². The van der Waals surface area contributed by atoms with Gasteiger partial charge in [0.05, 0.1) is 13.2 Å². The zero-order valence-corrected chi connectivity index (χ0v) is 19.4. The van der Waals surface area contributed by atoms with E-state index in [0.717, 1.165) is 43.0 Å². The van der Waals surface area contributed by atoms with E-state index in [1.165, 1.54) is 0 Å². The highest BCUT2D eigenvalue weighted by atomic mass is 16.5. The van der Waals surface area contributed by atoms with Gasteiger partial charge in [-0.1, -0.05) is 6.07 Å². The Morgan fingerprint density at radius 3 is 2.85 bits per heavy atom. The third-order valence-electron chi connectivity index (χ3n) is 7.90. The number of aromatic nitrogens is 1. The molecule has 2 N–H and O–H groups in total. The van der Waals surface area contributed by atoms with E-state index in [2.05, 4.69) is 16.4 Å². The zero-order valence-electron chi connectivity index (χ0n) is 19.4. The SMILES string of the molecule is COc1cccc2[nH]c(C(=O)N3CCC4(CC4)CC3C(=O)NC(C#N)CC3CCCC3=O)cc12. The van der Waals surface area contributed by atoms with Gasteiger partial charge in [-0.3, -0.25) is 14.4 Å². The van der Waals surface area contributed by atoms with E-state index >= 15 is 0 Å². The molecule has 3 atom stereocenters. The molecule has 1 aromatic heterocycles. The first kappa shape index (κ1) is 22.5. The van der Waals surface area contributed by atoms with Gasteiger partial charge in [-0.05, 0) is 68.6 Å². The summed E-state index contributed by atoms with van der Waals surface area (Å²) in [5.74, 6) is 0.162. The Morgan fingerprint density at radius 1 is 1.35 bits per heavy atom. The molecule has 5 rings (SSSR count). The molecular weight excluding hydrogens is 432 g/mol. The lowest BCUT2D eigenvalue weighted by atomic mass is 9.87. The number of nitrogens with one attached hydrogen (secondary N) is 2. The lowest BCUT2D eigenvalue weighted by molar-refractivity contribution is -0.128. The van der Waals surface area contributed by atoms with Crippen molar-refractivity contribution in [3.05, 3.63) is 30.0 Å². The molecule has 1 aromatic carbocycles. The van der Waals surface area contributed by atoms with Crippen LogP contribution in [0.5, 0.6) is 5.75 Å². The summed E-state index contributed by atoms with van der Waals surface area (Å²) < 4.78 is 5.42. The number of aromatic amines is 1. The summed E-state index contributed by atoms with van der Waals surface area (Å²) in [7, 11) is 1.59. The lowest BCUT2D eigenvalue weighted by Gasteiger charge is -2.39. The van der Waals surface area contributed by atoms with Crippen LogP contribution in [0.25, 0.3) is 10.9 Å². The molecule has 2 heterocycles. The third-order valence-corrected chi connectivity index (χ3v) is 7.90. The van der Waals surface area contributed by atoms with E-state index < -0.39 is 12.1 Å². The highest BCUT2D eigenvalue weighted by molar-refractivity contribution is 6.01. The number of ether oxygens (including phenoxy) is 1. The Labute approximate surface area is 198 Å². The van der Waals surface area contributed by atoms with Crippen LogP contribution in [-0.4, -0.2) is 53.2 Å². The molecule has 1 saturated heterocycles. The number of carbonyl (C=O) groups is 3. The van der Waals surface area contributed by atoms with Crippen LogP contribution in [0.4, 0.5) is 0 Å². The van der Waals surface area contributed by atoms with Gasteiger partial charge in [0.2, 0.25) is 5.91 Å². The van der Waals surface area contributed by atoms with Crippen LogP contribution in [0.3, 0.4) is 0 Å². The van der Waals surface area contributed by atoms with Crippen molar-refractivity contribution in [2.45, 2.75) is 63.5 Å². The highest BCUT2D eigenvalue weighted by Crippen LogP contribution is 2.55. The maximum atomic E-state index is 13.6. The van der Waals surface area contributed by atoms with Crippen LogP contribution in [0.1, 0.15) is 61.9 Å². The number of hydrogen-bond donors (Lipinski definition) is 2. The molecule has 2 amide bonds. The third kappa shape index (κ3) is 4.15.